The Morgan fingerprint density at radius 3 is 2.41 bits per heavy atom. The standard InChI is InChI=1S/C22H18Cl2F2N2O/c23-18-9-16(27)10-19(24)22(18)29-17-3-2-15-12-28(6-5-14(15)8-17)11-13-1-4-20(25)21(26)7-13/h1-4,7-10H,5-6,11-12,27H2. The molecule has 2 N–H and O–H groups in total. The normalized spacial score (nSPS) is 13.9. The largest absolute Gasteiger partial charge is 0.454 e. The molecule has 3 aromatic rings. The van der Waals surface area contributed by atoms with Gasteiger partial charge in [0.1, 0.15) is 5.75 Å². The van der Waals surface area contributed by atoms with Crippen LogP contribution in [0.3, 0.4) is 0 Å². The van der Waals surface area contributed by atoms with E-state index in [0.29, 0.717) is 33.8 Å². The molecule has 29 heavy (non-hydrogen) atoms. The second kappa shape index (κ2) is 8.19. The maximum atomic E-state index is 13.4. The van der Waals surface area contributed by atoms with Crippen LogP contribution >= 0.6 is 23.2 Å². The molecule has 0 saturated carbocycles. The summed E-state index contributed by atoms with van der Waals surface area (Å²) in [7, 11) is 0. The summed E-state index contributed by atoms with van der Waals surface area (Å²) in [5.41, 5.74) is 9.29. The van der Waals surface area contributed by atoms with Gasteiger partial charge in [-0.15, -0.1) is 0 Å². The van der Waals surface area contributed by atoms with E-state index in [-0.39, 0.29) is 0 Å². The van der Waals surface area contributed by atoms with E-state index in [2.05, 4.69) is 4.90 Å². The fraction of sp³-hybridized carbons (Fsp3) is 0.182. The lowest BCUT2D eigenvalue weighted by atomic mass is 9.99. The van der Waals surface area contributed by atoms with Crippen molar-refractivity contribution in [2.75, 3.05) is 12.3 Å². The highest BCUT2D eigenvalue weighted by molar-refractivity contribution is 6.37. The van der Waals surface area contributed by atoms with Gasteiger partial charge in [0, 0.05) is 25.3 Å². The number of nitrogen functional groups attached to an aromatic ring is 1. The SMILES string of the molecule is Nc1cc(Cl)c(Oc2ccc3c(c2)CCN(Cc2ccc(F)c(F)c2)C3)c(Cl)c1. The Labute approximate surface area is 177 Å². The molecular weight excluding hydrogens is 417 g/mol. The summed E-state index contributed by atoms with van der Waals surface area (Å²) in [4.78, 5) is 2.20. The number of hydrogen-bond acceptors (Lipinski definition) is 3. The molecule has 0 radical (unpaired) electrons. The van der Waals surface area contributed by atoms with E-state index in [0.717, 1.165) is 25.1 Å². The van der Waals surface area contributed by atoms with Gasteiger partial charge in [-0.3, -0.25) is 4.90 Å². The summed E-state index contributed by atoms with van der Waals surface area (Å²) in [6, 6.07) is 13.1. The topological polar surface area (TPSA) is 38.5 Å². The van der Waals surface area contributed by atoms with E-state index in [9.17, 15) is 8.78 Å². The number of ether oxygens (including phenoxy) is 1. The minimum absolute atomic E-state index is 0.352. The Morgan fingerprint density at radius 2 is 1.69 bits per heavy atom. The first-order valence-electron chi connectivity index (χ1n) is 9.09. The zero-order valence-electron chi connectivity index (χ0n) is 15.4. The molecule has 0 atom stereocenters. The maximum Gasteiger partial charge on any atom is 0.164 e. The van der Waals surface area contributed by atoms with Crippen LogP contribution in [0.2, 0.25) is 10.0 Å². The number of benzene rings is 3. The van der Waals surface area contributed by atoms with Crippen LogP contribution in [0.4, 0.5) is 14.5 Å². The molecule has 0 aromatic heterocycles. The average molecular weight is 435 g/mol. The van der Waals surface area contributed by atoms with Crippen LogP contribution in [-0.2, 0) is 19.5 Å². The van der Waals surface area contributed by atoms with Gasteiger partial charge in [-0.25, -0.2) is 8.78 Å². The van der Waals surface area contributed by atoms with Gasteiger partial charge in [0.25, 0.3) is 0 Å². The second-order valence-electron chi connectivity index (χ2n) is 7.06. The van der Waals surface area contributed by atoms with Gasteiger partial charge in [0.15, 0.2) is 17.4 Å². The summed E-state index contributed by atoms with van der Waals surface area (Å²) in [5.74, 6) is -0.627. The minimum Gasteiger partial charge on any atom is -0.454 e. The molecule has 0 aliphatic carbocycles. The first kappa shape index (κ1) is 20.0. The van der Waals surface area contributed by atoms with Crippen molar-refractivity contribution < 1.29 is 13.5 Å². The lowest BCUT2D eigenvalue weighted by molar-refractivity contribution is 0.245. The van der Waals surface area contributed by atoms with E-state index in [4.69, 9.17) is 33.7 Å². The van der Waals surface area contributed by atoms with E-state index in [1.165, 1.54) is 23.3 Å². The molecule has 0 spiro atoms. The molecule has 1 heterocycles. The van der Waals surface area contributed by atoms with Gasteiger partial charge in [0.05, 0.1) is 10.0 Å². The van der Waals surface area contributed by atoms with Crippen molar-refractivity contribution in [1.29, 1.82) is 0 Å². The molecule has 4 rings (SSSR count). The first-order chi connectivity index (χ1) is 13.9. The number of fused-ring (bicyclic) bond motifs is 1. The van der Waals surface area contributed by atoms with Crippen molar-refractivity contribution in [3.8, 4) is 11.5 Å². The lowest BCUT2D eigenvalue weighted by Gasteiger charge is -2.29. The highest BCUT2D eigenvalue weighted by atomic mass is 35.5. The molecule has 0 fully saturated rings. The fourth-order valence-electron chi connectivity index (χ4n) is 3.48. The van der Waals surface area contributed by atoms with Crippen molar-refractivity contribution in [1.82, 2.24) is 4.90 Å². The van der Waals surface area contributed by atoms with Crippen molar-refractivity contribution in [2.24, 2.45) is 0 Å². The van der Waals surface area contributed by atoms with Crippen molar-refractivity contribution in [3.05, 3.63) is 86.9 Å². The summed E-state index contributed by atoms with van der Waals surface area (Å²) in [6.45, 7) is 2.09. The van der Waals surface area contributed by atoms with Crippen LogP contribution in [0, 0.1) is 11.6 Å². The Hall–Kier alpha value is -2.34. The van der Waals surface area contributed by atoms with Gasteiger partial charge in [0.2, 0.25) is 0 Å². The fourth-order valence-corrected chi connectivity index (χ4v) is 4.06. The van der Waals surface area contributed by atoms with E-state index in [1.54, 1.807) is 18.2 Å². The van der Waals surface area contributed by atoms with Crippen molar-refractivity contribution in [3.63, 3.8) is 0 Å². The number of rotatable bonds is 4. The number of anilines is 1. The predicted octanol–water partition coefficient (Wildman–Crippen LogP) is 6.20. The third kappa shape index (κ3) is 4.47. The molecule has 1 aliphatic rings. The van der Waals surface area contributed by atoms with Gasteiger partial charge in [-0.1, -0.05) is 35.3 Å². The quantitative estimate of drug-likeness (QED) is 0.496. The minimum atomic E-state index is -0.827. The van der Waals surface area contributed by atoms with Gasteiger partial charge >= 0.3 is 0 Å². The summed E-state index contributed by atoms with van der Waals surface area (Å²) in [6.07, 6.45) is 0.819. The smallest absolute Gasteiger partial charge is 0.164 e. The van der Waals surface area contributed by atoms with Crippen LogP contribution < -0.4 is 10.5 Å². The summed E-state index contributed by atoms with van der Waals surface area (Å²) < 4.78 is 32.5. The van der Waals surface area contributed by atoms with E-state index >= 15 is 0 Å². The summed E-state index contributed by atoms with van der Waals surface area (Å²) >= 11 is 12.4. The molecule has 3 aromatic carbocycles. The first-order valence-corrected chi connectivity index (χ1v) is 9.85. The highest BCUT2D eigenvalue weighted by Crippen LogP contribution is 2.38. The van der Waals surface area contributed by atoms with Gasteiger partial charge < -0.3 is 10.5 Å². The molecule has 150 valence electrons. The maximum absolute atomic E-state index is 13.4. The summed E-state index contributed by atoms with van der Waals surface area (Å²) in [5, 5.41) is 0.704. The number of nitrogens with two attached hydrogens (primary N) is 1. The van der Waals surface area contributed by atoms with Crippen LogP contribution in [-0.4, -0.2) is 11.4 Å². The number of nitrogens with zero attached hydrogens (tertiary/aromatic N) is 1. The third-order valence-electron chi connectivity index (χ3n) is 4.90. The highest BCUT2D eigenvalue weighted by Gasteiger charge is 2.18. The van der Waals surface area contributed by atoms with Gasteiger partial charge in [-0.05, 0) is 59.5 Å². The Balaban J connectivity index is 1.48. The lowest BCUT2D eigenvalue weighted by Crippen LogP contribution is -2.30. The molecule has 0 saturated heterocycles. The van der Waals surface area contributed by atoms with Crippen LogP contribution in [0.5, 0.6) is 11.5 Å². The average Bonchev–Trinajstić information content (AvgIpc) is 2.67. The Morgan fingerprint density at radius 1 is 0.931 bits per heavy atom. The molecule has 0 unspecified atom stereocenters. The molecule has 7 heteroatoms. The van der Waals surface area contributed by atoms with Crippen LogP contribution in [0.1, 0.15) is 16.7 Å². The molecule has 3 nitrogen and oxygen atoms in total. The van der Waals surface area contributed by atoms with E-state index < -0.39 is 11.6 Å². The van der Waals surface area contributed by atoms with Crippen molar-refractivity contribution >= 4 is 28.9 Å². The van der Waals surface area contributed by atoms with Crippen molar-refractivity contribution in [2.45, 2.75) is 19.5 Å². The molecule has 0 bridgehead atoms. The number of halogens is 4. The van der Waals surface area contributed by atoms with E-state index in [1.807, 2.05) is 18.2 Å². The molecular formula is C22H18Cl2F2N2O. The zero-order chi connectivity index (χ0) is 20.5. The van der Waals surface area contributed by atoms with Gasteiger partial charge in [-0.2, -0.15) is 0 Å². The monoisotopic (exact) mass is 434 g/mol. The Bertz CT molecular complexity index is 1050. The molecule has 0 amide bonds. The number of hydrogen-bond donors (Lipinski definition) is 1. The Kier molecular flexibility index (Phi) is 5.63. The third-order valence-corrected chi connectivity index (χ3v) is 5.46. The van der Waals surface area contributed by atoms with Crippen LogP contribution in [0.25, 0.3) is 0 Å². The zero-order valence-corrected chi connectivity index (χ0v) is 16.9. The second-order valence-corrected chi connectivity index (χ2v) is 7.87. The molecule has 1 aliphatic heterocycles. The predicted molar refractivity (Wildman–Crippen MR) is 112 cm³/mol. The van der Waals surface area contributed by atoms with Crippen LogP contribution in [0.15, 0.2) is 48.5 Å².